The quantitative estimate of drug-likeness (QED) is 0.659. The maximum Gasteiger partial charge on any atom is 0.494 e. The number of carbonyl (C=O) groups is 1. The molecule has 1 aliphatic rings. The topological polar surface area (TPSA) is 56.8 Å². The summed E-state index contributed by atoms with van der Waals surface area (Å²) in [5, 5.41) is 2.79. The summed E-state index contributed by atoms with van der Waals surface area (Å²) in [5.41, 5.74) is 0.783. The van der Waals surface area contributed by atoms with Gasteiger partial charge in [0, 0.05) is 19.2 Å². The summed E-state index contributed by atoms with van der Waals surface area (Å²) in [5.74, 6) is -0.113. The van der Waals surface area contributed by atoms with Crippen LogP contribution in [0.1, 0.15) is 38.1 Å². The molecule has 0 radical (unpaired) electrons. The van der Waals surface area contributed by atoms with Crippen molar-refractivity contribution in [3.05, 3.63) is 29.8 Å². The van der Waals surface area contributed by atoms with Crippen LogP contribution in [0, 0.1) is 0 Å². The predicted molar refractivity (Wildman–Crippen MR) is 86.4 cm³/mol. The first-order chi connectivity index (χ1) is 10.3. The molecular formula is C16H24BNO4. The Morgan fingerprint density at radius 3 is 2.18 bits per heavy atom. The smallest absolute Gasteiger partial charge is 0.399 e. The summed E-state index contributed by atoms with van der Waals surface area (Å²) < 4.78 is 16.9. The Hall–Kier alpha value is -1.37. The van der Waals surface area contributed by atoms with Gasteiger partial charge in [-0.3, -0.25) is 4.79 Å². The van der Waals surface area contributed by atoms with E-state index in [-0.39, 0.29) is 17.1 Å². The minimum Gasteiger partial charge on any atom is -0.399 e. The van der Waals surface area contributed by atoms with E-state index in [1.807, 2.05) is 39.8 Å². The van der Waals surface area contributed by atoms with Crippen LogP contribution in [0.15, 0.2) is 24.3 Å². The molecule has 1 saturated heterocycles. The van der Waals surface area contributed by atoms with Crippen molar-refractivity contribution in [3.63, 3.8) is 0 Å². The molecule has 0 aromatic heterocycles. The monoisotopic (exact) mass is 305 g/mol. The summed E-state index contributed by atoms with van der Waals surface area (Å²) in [6, 6.07) is 7.30. The number of rotatable bonds is 5. The van der Waals surface area contributed by atoms with Gasteiger partial charge in [0.1, 0.15) is 0 Å². The first kappa shape index (κ1) is 17.0. The molecule has 120 valence electrons. The fourth-order valence-corrected chi connectivity index (χ4v) is 2.14. The molecule has 1 N–H and O–H groups in total. The number of hydrogen-bond donors (Lipinski definition) is 1. The molecule has 1 amide bonds. The van der Waals surface area contributed by atoms with Gasteiger partial charge in [-0.1, -0.05) is 12.1 Å². The fourth-order valence-electron chi connectivity index (χ4n) is 2.14. The van der Waals surface area contributed by atoms with Crippen LogP contribution >= 0.6 is 0 Å². The van der Waals surface area contributed by atoms with Crippen LogP contribution in [-0.4, -0.2) is 44.5 Å². The van der Waals surface area contributed by atoms with Gasteiger partial charge in [0.05, 0.1) is 17.8 Å². The van der Waals surface area contributed by atoms with Gasteiger partial charge in [-0.05, 0) is 45.3 Å². The molecule has 5 nitrogen and oxygen atoms in total. The number of methoxy groups -OCH3 is 1. The van der Waals surface area contributed by atoms with Gasteiger partial charge in [-0.25, -0.2) is 0 Å². The Labute approximate surface area is 132 Å². The molecule has 22 heavy (non-hydrogen) atoms. The van der Waals surface area contributed by atoms with Gasteiger partial charge in [0.2, 0.25) is 0 Å². The number of hydrogen-bond acceptors (Lipinski definition) is 4. The molecular weight excluding hydrogens is 281 g/mol. The lowest BCUT2D eigenvalue weighted by Gasteiger charge is -2.32. The Morgan fingerprint density at radius 2 is 1.68 bits per heavy atom. The maximum absolute atomic E-state index is 11.9. The van der Waals surface area contributed by atoms with Crippen LogP contribution < -0.4 is 10.8 Å². The lowest BCUT2D eigenvalue weighted by atomic mass is 9.79. The van der Waals surface area contributed by atoms with Crippen LogP contribution in [0.4, 0.5) is 0 Å². The van der Waals surface area contributed by atoms with Crippen LogP contribution in [0.2, 0.25) is 0 Å². The summed E-state index contributed by atoms with van der Waals surface area (Å²) in [6.07, 6.45) is 0. The number of ether oxygens (including phenoxy) is 1. The summed E-state index contributed by atoms with van der Waals surface area (Å²) in [4.78, 5) is 11.9. The van der Waals surface area contributed by atoms with Gasteiger partial charge in [-0.15, -0.1) is 0 Å². The fraction of sp³-hybridized carbons (Fsp3) is 0.562. The van der Waals surface area contributed by atoms with E-state index in [0.717, 1.165) is 5.46 Å². The van der Waals surface area contributed by atoms with E-state index in [1.165, 1.54) is 0 Å². The van der Waals surface area contributed by atoms with Crippen molar-refractivity contribution in [2.45, 2.75) is 38.9 Å². The number of nitrogens with one attached hydrogen (secondary N) is 1. The highest BCUT2D eigenvalue weighted by Crippen LogP contribution is 2.36. The third-order valence-electron chi connectivity index (χ3n) is 4.29. The van der Waals surface area contributed by atoms with Gasteiger partial charge in [0.25, 0.3) is 5.91 Å². The molecule has 0 spiro atoms. The Balaban J connectivity index is 2.02. The van der Waals surface area contributed by atoms with E-state index in [2.05, 4.69) is 5.32 Å². The zero-order valence-electron chi connectivity index (χ0n) is 13.9. The second-order valence-corrected chi connectivity index (χ2v) is 6.46. The van der Waals surface area contributed by atoms with Crippen molar-refractivity contribution >= 4 is 18.5 Å². The number of carbonyl (C=O) groups excluding carboxylic acids is 1. The number of benzene rings is 1. The van der Waals surface area contributed by atoms with Crippen LogP contribution in [0.25, 0.3) is 0 Å². The molecule has 0 saturated carbocycles. The van der Waals surface area contributed by atoms with E-state index < -0.39 is 7.12 Å². The van der Waals surface area contributed by atoms with Gasteiger partial charge < -0.3 is 19.4 Å². The SMILES string of the molecule is COCCNC(=O)c1ccc(B2OC(C)(C)C(C)(C)O2)cc1. The number of amides is 1. The average molecular weight is 305 g/mol. The Kier molecular flexibility index (Phi) is 4.95. The van der Waals surface area contributed by atoms with Gasteiger partial charge in [-0.2, -0.15) is 0 Å². The van der Waals surface area contributed by atoms with E-state index >= 15 is 0 Å². The molecule has 1 aliphatic heterocycles. The van der Waals surface area contributed by atoms with Crippen molar-refractivity contribution in [2.24, 2.45) is 0 Å². The first-order valence-electron chi connectivity index (χ1n) is 7.49. The molecule has 0 bridgehead atoms. The largest absolute Gasteiger partial charge is 0.494 e. The molecule has 6 heteroatoms. The van der Waals surface area contributed by atoms with E-state index in [0.29, 0.717) is 18.7 Å². The molecule has 2 rings (SSSR count). The molecule has 1 fully saturated rings. The minimum absolute atomic E-state index is 0.113. The minimum atomic E-state index is -0.407. The Bertz CT molecular complexity index is 511. The van der Waals surface area contributed by atoms with Crippen molar-refractivity contribution < 1.29 is 18.8 Å². The first-order valence-corrected chi connectivity index (χ1v) is 7.49. The summed E-state index contributed by atoms with van der Waals surface area (Å²) in [7, 11) is 1.20. The lowest BCUT2D eigenvalue weighted by molar-refractivity contribution is 0.00578. The normalized spacial score (nSPS) is 19.2. The van der Waals surface area contributed by atoms with E-state index in [9.17, 15) is 4.79 Å². The molecule has 1 aromatic carbocycles. The highest BCUT2D eigenvalue weighted by atomic mass is 16.7. The van der Waals surface area contributed by atoms with Crippen LogP contribution in [-0.2, 0) is 14.0 Å². The third kappa shape index (κ3) is 3.51. The van der Waals surface area contributed by atoms with Gasteiger partial charge in [0.15, 0.2) is 0 Å². The van der Waals surface area contributed by atoms with Crippen molar-refractivity contribution in [3.8, 4) is 0 Å². The zero-order chi connectivity index (χ0) is 16.4. The lowest BCUT2D eigenvalue weighted by Crippen LogP contribution is -2.41. The Morgan fingerprint density at radius 1 is 1.14 bits per heavy atom. The molecule has 0 unspecified atom stereocenters. The second-order valence-electron chi connectivity index (χ2n) is 6.46. The van der Waals surface area contributed by atoms with Crippen molar-refractivity contribution in [1.82, 2.24) is 5.32 Å². The third-order valence-corrected chi connectivity index (χ3v) is 4.29. The maximum atomic E-state index is 11.9. The predicted octanol–water partition coefficient (Wildman–Crippen LogP) is 1.36. The summed E-state index contributed by atoms with van der Waals surface area (Å²) >= 11 is 0. The van der Waals surface area contributed by atoms with E-state index in [1.54, 1.807) is 19.2 Å². The average Bonchev–Trinajstić information content (AvgIpc) is 2.68. The highest BCUT2D eigenvalue weighted by molar-refractivity contribution is 6.62. The van der Waals surface area contributed by atoms with Crippen molar-refractivity contribution in [2.75, 3.05) is 20.3 Å². The van der Waals surface area contributed by atoms with E-state index in [4.69, 9.17) is 14.0 Å². The standard InChI is InChI=1S/C16H24BNO4/c1-15(2)16(3,4)22-17(21-15)13-8-6-12(7-9-13)14(19)18-10-11-20-5/h6-9H,10-11H2,1-5H3,(H,18,19). The second kappa shape index (κ2) is 6.40. The van der Waals surface area contributed by atoms with Crippen LogP contribution in [0.3, 0.4) is 0 Å². The highest BCUT2D eigenvalue weighted by Gasteiger charge is 2.51. The molecule has 1 aromatic rings. The van der Waals surface area contributed by atoms with Crippen molar-refractivity contribution in [1.29, 1.82) is 0 Å². The summed E-state index contributed by atoms with van der Waals surface area (Å²) in [6.45, 7) is 9.07. The molecule has 1 heterocycles. The molecule has 0 aliphatic carbocycles. The zero-order valence-corrected chi connectivity index (χ0v) is 13.9. The van der Waals surface area contributed by atoms with Crippen LogP contribution in [0.5, 0.6) is 0 Å². The van der Waals surface area contributed by atoms with Gasteiger partial charge >= 0.3 is 7.12 Å². The molecule has 0 atom stereocenters.